The van der Waals surface area contributed by atoms with Crippen molar-refractivity contribution in [1.82, 2.24) is 9.97 Å². The van der Waals surface area contributed by atoms with Crippen molar-refractivity contribution in [1.29, 1.82) is 10.5 Å². The number of hydrogen-bond acceptors (Lipinski definition) is 7. The molecule has 0 saturated heterocycles. The molecule has 2 aromatic carbocycles. The maximum absolute atomic E-state index is 9.64. The summed E-state index contributed by atoms with van der Waals surface area (Å²) in [6.45, 7) is 13.8. The SMILES string of the molecule is C=C(C)/C(C)=N\C1=C(C)N(c2ccccc2)c2nc(C#N)c(C#N)nc2N1c1ccccc1.CC. The minimum atomic E-state index is -0.0373. The smallest absolute Gasteiger partial charge is 0.184 e. The Balaban J connectivity index is 0.00000167. The molecular formula is C28H27N7. The number of fused-ring (bicyclic) bond motifs is 1. The van der Waals surface area contributed by atoms with Crippen LogP contribution in [-0.4, -0.2) is 15.7 Å². The summed E-state index contributed by atoms with van der Waals surface area (Å²) >= 11 is 0. The largest absolute Gasteiger partial charge is 0.292 e. The van der Waals surface area contributed by atoms with Gasteiger partial charge in [-0.05, 0) is 50.6 Å². The monoisotopic (exact) mass is 461 g/mol. The summed E-state index contributed by atoms with van der Waals surface area (Å²) in [5.41, 5.74) is 3.98. The first kappa shape index (κ1) is 24.9. The zero-order valence-electron chi connectivity index (χ0n) is 20.6. The van der Waals surface area contributed by atoms with Gasteiger partial charge in [-0.2, -0.15) is 10.5 Å². The molecule has 0 atom stereocenters. The van der Waals surface area contributed by atoms with E-state index in [1.54, 1.807) is 0 Å². The molecule has 0 N–H and O–H groups in total. The van der Waals surface area contributed by atoms with Crippen LogP contribution in [0.25, 0.3) is 0 Å². The Bertz CT molecular complexity index is 1370. The molecule has 0 radical (unpaired) electrons. The molecule has 4 rings (SSSR count). The van der Waals surface area contributed by atoms with Gasteiger partial charge in [-0.1, -0.05) is 56.8 Å². The van der Waals surface area contributed by atoms with Crippen molar-refractivity contribution in [2.24, 2.45) is 4.99 Å². The molecule has 1 aromatic heterocycles. The van der Waals surface area contributed by atoms with Crippen molar-refractivity contribution in [3.05, 3.63) is 95.7 Å². The number of rotatable bonds is 4. The van der Waals surface area contributed by atoms with Crippen molar-refractivity contribution >= 4 is 28.7 Å². The van der Waals surface area contributed by atoms with E-state index in [2.05, 4.69) is 16.5 Å². The molecule has 0 saturated carbocycles. The van der Waals surface area contributed by atoms with E-state index >= 15 is 0 Å². The Morgan fingerprint density at radius 2 is 1.23 bits per heavy atom. The minimum Gasteiger partial charge on any atom is -0.292 e. The highest BCUT2D eigenvalue weighted by atomic mass is 15.4. The molecule has 0 aliphatic carbocycles. The quantitative estimate of drug-likeness (QED) is 0.398. The van der Waals surface area contributed by atoms with Crippen molar-refractivity contribution in [2.45, 2.75) is 34.6 Å². The van der Waals surface area contributed by atoms with Crippen LogP contribution in [0.1, 0.15) is 46.0 Å². The lowest BCUT2D eigenvalue weighted by molar-refractivity contribution is 0.920. The second-order valence-corrected chi connectivity index (χ2v) is 7.52. The lowest BCUT2D eigenvalue weighted by Crippen LogP contribution is -2.32. The fraction of sp³-hybridized carbons (Fsp3) is 0.179. The number of benzene rings is 2. The van der Waals surface area contributed by atoms with Crippen LogP contribution in [0, 0.1) is 22.7 Å². The summed E-state index contributed by atoms with van der Waals surface area (Å²) in [6.07, 6.45) is 0. The first-order valence-corrected chi connectivity index (χ1v) is 11.3. The second-order valence-electron chi connectivity index (χ2n) is 7.52. The van der Waals surface area contributed by atoms with Crippen LogP contribution < -0.4 is 9.80 Å². The molecular weight excluding hydrogens is 434 g/mol. The summed E-state index contributed by atoms with van der Waals surface area (Å²) in [5, 5.41) is 19.2. The maximum Gasteiger partial charge on any atom is 0.184 e. The molecule has 1 aliphatic rings. The molecule has 174 valence electrons. The number of allylic oxidation sites excluding steroid dienone is 2. The number of hydrogen-bond donors (Lipinski definition) is 0. The van der Waals surface area contributed by atoms with Gasteiger partial charge in [0.15, 0.2) is 28.8 Å². The third-order valence-electron chi connectivity index (χ3n) is 5.29. The normalized spacial score (nSPS) is 12.7. The Kier molecular flexibility index (Phi) is 7.76. The molecule has 2 heterocycles. The minimum absolute atomic E-state index is 0.0249. The number of nitrogens with zero attached hydrogens (tertiary/aromatic N) is 7. The van der Waals surface area contributed by atoms with Crippen LogP contribution in [0.15, 0.2) is 89.3 Å². The summed E-state index contributed by atoms with van der Waals surface area (Å²) < 4.78 is 0. The van der Waals surface area contributed by atoms with Gasteiger partial charge in [0.25, 0.3) is 0 Å². The molecule has 0 bridgehead atoms. The number of aliphatic imine (C=N–C) groups is 1. The molecule has 35 heavy (non-hydrogen) atoms. The van der Waals surface area contributed by atoms with E-state index in [0.29, 0.717) is 17.5 Å². The van der Waals surface area contributed by atoms with E-state index < -0.39 is 0 Å². The lowest BCUT2D eigenvalue weighted by atomic mass is 10.1. The highest BCUT2D eigenvalue weighted by molar-refractivity contribution is 5.98. The van der Waals surface area contributed by atoms with Crippen LogP contribution in [0.2, 0.25) is 0 Å². The highest BCUT2D eigenvalue weighted by Crippen LogP contribution is 2.45. The Labute approximate surface area is 206 Å². The van der Waals surface area contributed by atoms with E-state index in [0.717, 1.165) is 28.4 Å². The average Bonchev–Trinajstić information content (AvgIpc) is 2.90. The highest BCUT2D eigenvalue weighted by Gasteiger charge is 2.34. The molecule has 7 heteroatoms. The molecule has 0 spiro atoms. The molecule has 7 nitrogen and oxygen atoms in total. The van der Waals surface area contributed by atoms with Crippen LogP contribution in [-0.2, 0) is 0 Å². The van der Waals surface area contributed by atoms with Crippen LogP contribution in [0.4, 0.5) is 23.0 Å². The maximum atomic E-state index is 9.64. The average molecular weight is 462 g/mol. The molecule has 1 aliphatic heterocycles. The van der Waals surface area contributed by atoms with Crippen LogP contribution in [0.3, 0.4) is 0 Å². The molecule has 0 fully saturated rings. The van der Waals surface area contributed by atoms with Gasteiger partial charge in [0, 0.05) is 17.1 Å². The summed E-state index contributed by atoms with van der Waals surface area (Å²) in [6, 6.07) is 23.3. The Hall–Kier alpha value is -4.75. The van der Waals surface area contributed by atoms with Crippen LogP contribution >= 0.6 is 0 Å². The number of para-hydroxylation sites is 2. The molecule has 0 amide bonds. The predicted octanol–water partition coefficient (Wildman–Crippen LogP) is 6.76. The summed E-state index contributed by atoms with van der Waals surface area (Å²) in [5.74, 6) is 1.49. The molecule has 0 unspecified atom stereocenters. The third-order valence-corrected chi connectivity index (χ3v) is 5.29. The summed E-state index contributed by atoms with van der Waals surface area (Å²) in [7, 11) is 0. The second kappa shape index (κ2) is 10.9. The molecule has 3 aromatic rings. The van der Waals surface area contributed by atoms with Crippen molar-refractivity contribution < 1.29 is 0 Å². The van der Waals surface area contributed by atoms with E-state index in [-0.39, 0.29) is 11.4 Å². The van der Waals surface area contributed by atoms with Gasteiger partial charge in [0.2, 0.25) is 0 Å². The fourth-order valence-corrected chi connectivity index (χ4v) is 3.49. The lowest BCUT2D eigenvalue weighted by Gasteiger charge is -2.38. The van der Waals surface area contributed by atoms with Crippen molar-refractivity contribution in [3.8, 4) is 12.1 Å². The van der Waals surface area contributed by atoms with Crippen molar-refractivity contribution in [3.63, 3.8) is 0 Å². The van der Waals surface area contributed by atoms with Gasteiger partial charge >= 0.3 is 0 Å². The zero-order valence-corrected chi connectivity index (χ0v) is 20.6. The standard InChI is InChI=1S/C26H21N7.C2H6/c1-17(2)18(3)29-24-19(4)32(20-11-7-5-8-12-20)25-26(31-23(16-28)22(15-27)30-25)33(24)21-13-9-6-10-14-21;1-2/h5-14H,1H2,2-4H3;1-2H3/b29-18-;. The van der Waals surface area contributed by atoms with Crippen molar-refractivity contribution in [2.75, 3.05) is 9.80 Å². The van der Waals surface area contributed by atoms with Gasteiger partial charge in [-0.15, -0.1) is 0 Å². The van der Waals surface area contributed by atoms with Crippen LogP contribution in [0.5, 0.6) is 0 Å². The Morgan fingerprint density at radius 1 is 0.800 bits per heavy atom. The first-order chi connectivity index (χ1) is 17.0. The van der Waals surface area contributed by atoms with Gasteiger partial charge in [0.05, 0.1) is 5.70 Å². The third kappa shape index (κ3) is 4.80. The Morgan fingerprint density at radius 3 is 1.66 bits per heavy atom. The van der Waals surface area contributed by atoms with Gasteiger partial charge in [-0.3, -0.25) is 9.80 Å². The van der Waals surface area contributed by atoms with Gasteiger partial charge in [-0.25, -0.2) is 15.0 Å². The number of aromatic nitrogens is 2. The fourth-order valence-electron chi connectivity index (χ4n) is 3.49. The summed E-state index contributed by atoms with van der Waals surface area (Å²) in [4.78, 5) is 17.8. The zero-order chi connectivity index (χ0) is 25.5. The number of nitriles is 2. The van der Waals surface area contributed by atoms with Gasteiger partial charge < -0.3 is 0 Å². The predicted molar refractivity (Wildman–Crippen MR) is 141 cm³/mol. The van der Waals surface area contributed by atoms with E-state index in [1.807, 2.05) is 117 Å². The topological polar surface area (TPSA) is 92.2 Å². The van der Waals surface area contributed by atoms with E-state index in [4.69, 9.17) is 4.99 Å². The number of anilines is 4. The first-order valence-electron chi connectivity index (χ1n) is 11.3. The van der Waals surface area contributed by atoms with Gasteiger partial charge in [0.1, 0.15) is 12.1 Å². The van der Waals surface area contributed by atoms with E-state index in [9.17, 15) is 10.5 Å². The van der Waals surface area contributed by atoms with E-state index in [1.165, 1.54) is 0 Å².